The second-order valence-corrected chi connectivity index (χ2v) is 4.27. The van der Waals surface area contributed by atoms with Crippen LogP contribution in [0.1, 0.15) is 6.42 Å². The fourth-order valence-electron chi connectivity index (χ4n) is 2.13. The molecule has 0 amide bonds. The first-order chi connectivity index (χ1) is 8.33. The van der Waals surface area contributed by atoms with Gasteiger partial charge in [-0.25, -0.2) is 4.98 Å². The summed E-state index contributed by atoms with van der Waals surface area (Å²) in [6.45, 7) is 1.92. The van der Waals surface area contributed by atoms with Crippen LogP contribution in [-0.2, 0) is 0 Å². The number of halogens is 1. The number of para-hydroxylation sites is 1. The van der Waals surface area contributed by atoms with E-state index in [1.807, 2.05) is 18.2 Å². The Bertz CT molecular complexity index is 592. The molecule has 3 rings (SSSR count). The predicted molar refractivity (Wildman–Crippen MR) is 74.5 cm³/mol. The Morgan fingerprint density at radius 2 is 2.17 bits per heavy atom. The lowest BCUT2D eigenvalue weighted by molar-refractivity contribution is 0.781. The number of fused-ring (bicyclic) bond motifs is 1. The maximum absolute atomic E-state index is 11.8. The molecule has 6 heteroatoms. The quantitative estimate of drug-likeness (QED) is 0.762. The number of anilines is 1. The molecule has 96 valence electrons. The van der Waals surface area contributed by atoms with Crippen LogP contribution in [0.3, 0.4) is 0 Å². The van der Waals surface area contributed by atoms with Crippen molar-refractivity contribution in [3.8, 4) is 0 Å². The van der Waals surface area contributed by atoms with E-state index in [1.165, 1.54) is 0 Å². The highest BCUT2D eigenvalue weighted by molar-refractivity contribution is 5.85. The Morgan fingerprint density at radius 1 is 1.33 bits per heavy atom. The molecule has 0 aliphatic carbocycles. The predicted octanol–water partition coefficient (Wildman–Crippen LogP) is 1.12. The van der Waals surface area contributed by atoms with E-state index in [-0.39, 0.29) is 18.0 Å². The van der Waals surface area contributed by atoms with Gasteiger partial charge in [0.15, 0.2) is 0 Å². The fourth-order valence-corrected chi connectivity index (χ4v) is 2.13. The Kier molecular flexibility index (Phi) is 3.84. The first-order valence-electron chi connectivity index (χ1n) is 5.79. The van der Waals surface area contributed by atoms with Gasteiger partial charge in [-0.05, 0) is 25.1 Å². The van der Waals surface area contributed by atoms with Crippen LogP contribution in [0.4, 0.5) is 5.95 Å². The van der Waals surface area contributed by atoms with E-state index in [9.17, 15) is 4.79 Å². The summed E-state index contributed by atoms with van der Waals surface area (Å²) in [7, 11) is 0. The Hall–Kier alpha value is -1.59. The average Bonchev–Trinajstić information content (AvgIpc) is 2.82. The van der Waals surface area contributed by atoms with Gasteiger partial charge in [0, 0.05) is 12.6 Å². The van der Waals surface area contributed by atoms with Gasteiger partial charge in [-0.3, -0.25) is 9.78 Å². The van der Waals surface area contributed by atoms with Crippen molar-refractivity contribution < 1.29 is 0 Å². The molecule has 0 spiro atoms. The summed E-state index contributed by atoms with van der Waals surface area (Å²) < 4.78 is 0. The third kappa shape index (κ3) is 2.47. The number of rotatable bonds is 2. The molecule has 1 unspecified atom stereocenters. The number of H-pyrrole nitrogens is 1. The summed E-state index contributed by atoms with van der Waals surface area (Å²) in [5, 5.41) is 7.13. The zero-order valence-electron chi connectivity index (χ0n) is 9.77. The number of benzene rings is 1. The van der Waals surface area contributed by atoms with Crippen LogP contribution in [-0.4, -0.2) is 29.1 Å². The van der Waals surface area contributed by atoms with Crippen molar-refractivity contribution in [1.29, 1.82) is 0 Å². The number of nitrogens with one attached hydrogen (secondary N) is 3. The maximum Gasteiger partial charge on any atom is 0.260 e. The van der Waals surface area contributed by atoms with Crippen LogP contribution in [0.25, 0.3) is 10.9 Å². The minimum Gasteiger partial charge on any atom is -0.352 e. The smallest absolute Gasteiger partial charge is 0.260 e. The first kappa shape index (κ1) is 12.9. The molecule has 2 aromatic rings. The second-order valence-electron chi connectivity index (χ2n) is 4.27. The maximum atomic E-state index is 11.8. The van der Waals surface area contributed by atoms with Crippen LogP contribution in [0.2, 0.25) is 0 Å². The Balaban J connectivity index is 0.00000120. The molecule has 1 aromatic heterocycles. The van der Waals surface area contributed by atoms with Crippen LogP contribution in [0.5, 0.6) is 0 Å². The number of aromatic nitrogens is 2. The third-order valence-corrected chi connectivity index (χ3v) is 3.01. The summed E-state index contributed by atoms with van der Waals surface area (Å²) in [5.41, 5.74) is 0.633. The zero-order chi connectivity index (χ0) is 11.7. The Morgan fingerprint density at radius 3 is 2.94 bits per heavy atom. The summed E-state index contributed by atoms with van der Waals surface area (Å²) in [4.78, 5) is 19.0. The van der Waals surface area contributed by atoms with Crippen molar-refractivity contribution in [2.75, 3.05) is 18.4 Å². The van der Waals surface area contributed by atoms with E-state index in [4.69, 9.17) is 0 Å². The zero-order valence-corrected chi connectivity index (χ0v) is 10.6. The van der Waals surface area contributed by atoms with Crippen molar-refractivity contribution in [3.05, 3.63) is 34.6 Å². The normalized spacial score (nSPS) is 18.6. The highest BCUT2D eigenvalue weighted by Crippen LogP contribution is 2.10. The van der Waals surface area contributed by atoms with Gasteiger partial charge in [0.2, 0.25) is 5.95 Å². The topological polar surface area (TPSA) is 69.8 Å². The lowest BCUT2D eigenvalue weighted by Gasteiger charge is -2.11. The van der Waals surface area contributed by atoms with Crippen molar-refractivity contribution in [1.82, 2.24) is 15.3 Å². The van der Waals surface area contributed by atoms with Gasteiger partial charge in [-0.2, -0.15) is 0 Å². The van der Waals surface area contributed by atoms with Crippen LogP contribution in [0, 0.1) is 0 Å². The van der Waals surface area contributed by atoms with Gasteiger partial charge < -0.3 is 10.6 Å². The number of aromatic amines is 1. The van der Waals surface area contributed by atoms with Gasteiger partial charge >= 0.3 is 0 Å². The summed E-state index contributed by atoms with van der Waals surface area (Å²) in [5.74, 6) is 0.558. The molecule has 0 saturated carbocycles. The molecule has 1 aromatic carbocycles. The van der Waals surface area contributed by atoms with Crippen molar-refractivity contribution in [2.24, 2.45) is 0 Å². The van der Waals surface area contributed by atoms with Crippen LogP contribution in [0.15, 0.2) is 29.1 Å². The highest BCUT2D eigenvalue weighted by Gasteiger charge is 2.15. The van der Waals surface area contributed by atoms with Gasteiger partial charge in [0.1, 0.15) is 0 Å². The molecular formula is C12H15ClN4O. The summed E-state index contributed by atoms with van der Waals surface area (Å²) >= 11 is 0. The number of hydrogen-bond acceptors (Lipinski definition) is 4. The van der Waals surface area contributed by atoms with E-state index in [2.05, 4.69) is 20.6 Å². The first-order valence-corrected chi connectivity index (χ1v) is 5.79. The molecular weight excluding hydrogens is 252 g/mol. The van der Waals surface area contributed by atoms with Gasteiger partial charge in [-0.15, -0.1) is 12.4 Å². The second kappa shape index (κ2) is 5.37. The molecule has 5 nitrogen and oxygen atoms in total. The molecule has 0 bridgehead atoms. The molecule has 3 N–H and O–H groups in total. The fraction of sp³-hybridized carbons (Fsp3) is 0.333. The molecule has 1 atom stereocenters. The lowest BCUT2D eigenvalue weighted by Crippen LogP contribution is -2.25. The molecule has 1 aliphatic rings. The van der Waals surface area contributed by atoms with Crippen molar-refractivity contribution in [2.45, 2.75) is 12.5 Å². The monoisotopic (exact) mass is 266 g/mol. The molecule has 18 heavy (non-hydrogen) atoms. The summed E-state index contributed by atoms with van der Waals surface area (Å²) in [6.07, 6.45) is 1.05. The van der Waals surface area contributed by atoms with Crippen LogP contribution >= 0.6 is 12.4 Å². The van der Waals surface area contributed by atoms with E-state index in [0.29, 0.717) is 17.4 Å². The van der Waals surface area contributed by atoms with E-state index in [0.717, 1.165) is 25.0 Å². The van der Waals surface area contributed by atoms with Gasteiger partial charge in [0.05, 0.1) is 10.9 Å². The SMILES string of the molecule is Cl.O=c1[nH]c(NC2CCNC2)nc2ccccc12. The largest absolute Gasteiger partial charge is 0.352 e. The van der Waals surface area contributed by atoms with Gasteiger partial charge in [0.25, 0.3) is 5.56 Å². The molecule has 1 saturated heterocycles. The van der Waals surface area contributed by atoms with Crippen LogP contribution < -0.4 is 16.2 Å². The average molecular weight is 267 g/mol. The molecule has 1 aliphatic heterocycles. The van der Waals surface area contributed by atoms with E-state index < -0.39 is 0 Å². The van der Waals surface area contributed by atoms with Crippen molar-refractivity contribution in [3.63, 3.8) is 0 Å². The molecule has 2 heterocycles. The van der Waals surface area contributed by atoms with E-state index in [1.54, 1.807) is 6.07 Å². The highest BCUT2D eigenvalue weighted by atomic mass is 35.5. The lowest BCUT2D eigenvalue weighted by atomic mass is 10.2. The van der Waals surface area contributed by atoms with Crippen molar-refractivity contribution >= 4 is 29.3 Å². The Labute approximate surface area is 110 Å². The molecule has 0 radical (unpaired) electrons. The molecule has 1 fully saturated rings. The minimum absolute atomic E-state index is 0. The minimum atomic E-state index is -0.0935. The van der Waals surface area contributed by atoms with Gasteiger partial charge in [-0.1, -0.05) is 12.1 Å². The standard InChI is InChI=1S/C12H14N4O.ClH/c17-11-9-3-1-2-4-10(9)15-12(16-11)14-8-5-6-13-7-8;/h1-4,8,13H,5-7H2,(H2,14,15,16,17);1H. The summed E-state index contributed by atoms with van der Waals surface area (Å²) in [6, 6.07) is 7.70. The number of hydrogen-bond donors (Lipinski definition) is 3. The third-order valence-electron chi connectivity index (χ3n) is 3.01. The van der Waals surface area contributed by atoms with E-state index >= 15 is 0 Å². The number of nitrogens with zero attached hydrogens (tertiary/aromatic N) is 1.